The summed E-state index contributed by atoms with van der Waals surface area (Å²) in [5, 5.41) is 18.7. The van der Waals surface area contributed by atoms with Crippen LogP contribution in [0.15, 0.2) is 0 Å². The number of nitrogens with zero attached hydrogens (tertiary/aromatic N) is 1. The third-order valence-electron chi connectivity index (χ3n) is 3.05. The number of aliphatic carboxylic acids is 1. The monoisotopic (exact) mass is 231 g/mol. The molecule has 0 amide bonds. The van der Waals surface area contributed by atoms with E-state index in [0.29, 0.717) is 32.7 Å². The predicted octanol–water partition coefficient (Wildman–Crippen LogP) is 0.180. The highest BCUT2D eigenvalue weighted by molar-refractivity contribution is 5.74. The van der Waals surface area contributed by atoms with Gasteiger partial charge in [-0.2, -0.15) is 0 Å². The van der Waals surface area contributed by atoms with E-state index in [2.05, 4.69) is 0 Å². The van der Waals surface area contributed by atoms with Gasteiger partial charge in [0.05, 0.1) is 18.1 Å². The number of hydrogen-bond acceptors (Lipinski definition) is 4. The first-order valence-corrected chi connectivity index (χ1v) is 5.69. The van der Waals surface area contributed by atoms with E-state index in [1.165, 1.54) is 0 Å². The van der Waals surface area contributed by atoms with Crippen LogP contribution in [0.4, 0.5) is 0 Å². The fourth-order valence-corrected chi connectivity index (χ4v) is 1.99. The SMILES string of the molecule is CCOCC(O)CN1CCC(C)(C(=O)O)C1. The van der Waals surface area contributed by atoms with Gasteiger partial charge in [0.15, 0.2) is 0 Å². The van der Waals surface area contributed by atoms with Crippen molar-refractivity contribution in [2.45, 2.75) is 26.4 Å². The van der Waals surface area contributed by atoms with Gasteiger partial charge in [0.1, 0.15) is 0 Å². The van der Waals surface area contributed by atoms with Crippen LogP contribution in [0, 0.1) is 5.41 Å². The van der Waals surface area contributed by atoms with Crippen molar-refractivity contribution >= 4 is 5.97 Å². The van der Waals surface area contributed by atoms with Crippen molar-refractivity contribution in [3.8, 4) is 0 Å². The van der Waals surface area contributed by atoms with Gasteiger partial charge in [-0.1, -0.05) is 0 Å². The molecule has 0 spiro atoms. The molecule has 0 aromatic rings. The van der Waals surface area contributed by atoms with E-state index in [1.54, 1.807) is 6.92 Å². The molecule has 2 N–H and O–H groups in total. The molecular weight excluding hydrogens is 210 g/mol. The van der Waals surface area contributed by atoms with E-state index in [9.17, 15) is 9.90 Å². The number of carbonyl (C=O) groups is 1. The van der Waals surface area contributed by atoms with Crippen molar-refractivity contribution in [3.05, 3.63) is 0 Å². The Morgan fingerprint density at radius 3 is 2.81 bits per heavy atom. The molecule has 0 saturated carbocycles. The maximum absolute atomic E-state index is 11.0. The van der Waals surface area contributed by atoms with Crippen molar-refractivity contribution in [2.75, 3.05) is 32.8 Å². The molecule has 2 unspecified atom stereocenters. The Kier molecular flexibility index (Phi) is 4.70. The zero-order valence-electron chi connectivity index (χ0n) is 9.98. The lowest BCUT2D eigenvalue weighted by Gasteiger charge is -2.22. The summed E-state index contributed by atoms with van der Waals surface area (Å²) < 4.78 is 5.11. The number of likely N-dealkylation sites (tertiary alicyclic amines) is 1. The maximum atomic E-state index is 11.0. The van der Waals surface area contributed by atoms with Crippen molar-refractivity contribution in [1.82, 2.24) is 4.90 Å². The Labute approximate surface area is 96.0 Å². The summed E-state index contributed by atoms with van der Waals surface area (Å²) in [6.07, 6.45) is 0.111. The average molecular weight is 231 g/mol. The molecule has 1 fully saturated rings. The molecule has 1 aliphatic heterocycles. The molecule has 0 radical (unpaired) electrons. The highest BCUT2D eigenvalue weighted by Gasteiger charge is 2.40. The van der Waals surface area contributed by atoms with Crippen LogP contribution in [0.1, 0.15) is 20.3 Å². The van der Waals surface area contributed by atoms with Gasteiger partial charge in [-0.3, -0.25) is 9.69 Å². The summed E-state index contributed by atoms with van der Waals surface area (Å²) in [7, 11) is 0. The highest BCUT2D eigenvalue weighted by atomic mass is 16.5. The molecule has 0 aromatic carbocycles. The van der Waals surface area contributed by atoms with Gasteiger partial charge in [0, 0.05) is 19.7 Å². The first-order valence-electron chi connectivity index (χ1n) is 5.69. The van der Waals surface area contributed by atoms with Crippen LogP contribution in [0.25, 0.3) is 0 Å². The summed E-state index contributed by atoms with van der Waals surface area (Å²) in [4.78, 5) is 13.0. The molecule has 1 saturated heterocycles. The number of carboxylic acid groups (broad SMARTS) is 1. The molecule has 0 bridgehead atoms. The summed E-state index contributed by atoms with van der Waals surface area (Å²) in [5.74, 6) is -0.755. The minimum Gasteiger partial charge on any atom is -0.481 e. The van der Waals surface area contributed by atoms with Crippen molar-refractivity contribution < 1.29 is 19.7 Å². The number of carboxylic acids is 1. The van der Waals surface area contributed by atoms with Gasteiger partial charge < -0.3 is 14.9 Å². The van der Waals surface area contributed by atoms with Gasteiger partial charge in [-0.25, -0.2) is 0 Å². The smallest absolute Gasteiger partial charge is 0.310 e. The number of hydrogen-bond donors (Lipinski definition) is 2. The van der Waals surface area contributed by atoms with E-state index in [4.69, 9.17) is 9.84 Å². The molecule has 94 valence electrons. The van der Waals surface area contributed by atoms with Crippen LogP contribution in [-0.2, 0) is 9.53 Å². The second-order valence-corrected chi connectivity index (χ2v) is 4.66. The minimum atomic E-state index is -0.755. The molecule has 1 aliphatic rings. The molecule has 5 heteroatoms. The molecule has 1 rings (SSSR count). The molecule has 0 aliphatic carbocycles. The number of aliphatic hydroxyl groups excluding tert-OH is 1. The lowest BCUT2D eigenvalue weighted by Crippen LogP contribution is -2.36. The van der Waals surface area contributed by atoms with Gasteiger partial charge >= 0.3 is 5.97 Å². The molecule has 0 aromatic heterocycles. The average Bonchev–Trinajstić information content (AvgIpc) is 2.58. The highest BCUT2D eigenvalue weighted by Crippen LogP contribution is 2.29. The van der Waals surface area contributed by atoms with E-state index in [1.807, 2.05) is 11.8 Å². The maximum Gasteiger partial charge on any atom is 0.310 e. The quantitative estimate of drug-likeness (QED) is 0.682. The van der Waals surface area contributed by atoms with Crippen LogP contribution >= 0.6 is 0 Å². The second-order valence-electron chi connectivity index (χ2n) is 4.66. The number of aliphatic hydroxyl groups is 1. The standard InChI is InChI=1S/C11H21NO4/c1-3-16-7-9(13)6-12-5-4-11(2,8-12)10(14)15/h9,13H,3-8H2,1-2H3,(H,14,15). The summed E-state index contributed by atoms with van der Waals surface area (Å²) in [5.41, 5.74) is -0.661. The first kappa shape index (κ1) is 13.4. The largest absolute Gasteiger partial charge is 0.481 e. The van der Waals surface area contributed by atoms with Crippen LogP contribution in [-0.4, -0.2) is 60.0 Å². The number of rotatable bonds is 6. The fraction of sp³-hybridized carbons (Fsp3) is 0.909. The predicted molar refractivity (Wildman–Crippen MR) is 59.3 cm³/mol. The van der Waals surface area contributed by atoms with Crippen LogP contribution in [0.5, 0.6) is 0 Å². The summed E-state index contributed by atoms with van der Waals surface area (Å²) in [6, 6.07) is 0. The van der Waals surface area contributed by atoms with Gasteiger partial charge in [-0.15, -0.1) is 0 Å². The van der Waals surface area contributed by atoms with Crippen LogP contribution in [0.2, 0.25) is 0 Å². The number of β-amino-alcohol motifs (C(OH)–C–C–N with tert-alkyl or cyclic N) is 1. The Morgan fingerprint density at radius 1 is 1.62 bits per heavy atom. The molecular formula is C11H21NO4. The first-order chi connectivity index (χ1) is 7.48. The van der Waals surface area contributed by atoms with Crippen molar-refractivity contribution in [3.63, 3.8) is 0 Å². The summed E-state index contributed by atoms with van der Waals surface area (Å²) in [6.45, 7) is 6.26. The third-order valence-corrected chi connectivity index (χ3v) is 3.05. The van der Waals surface area contributed by atoms with E-state index < -0.39 is 17.5 Å². The summed E-state index contributed by atoms with van der Waals surface area (Å²) >= 11 is 0. The zero-order chi connectivity index (χ0) is 12.2. The van der Waals surface area contributed by atoms with Gasteiger partial charge in [0.25, 0.3) is 0 Å². The Hall–Kier alpha value is -0.650. The lowest BCUT2D eigenvalue weighted by molar-refractivity contribution is -0.147. The Balaban J connectivity index is 2.33. The minimum absolute atomic E-state index is 0.316. The third kappa shape index (κ3) is 3.43. The molecule has 16 heavy (non-hydrogen) atoms. The second kappa shape index (κ2) is 5.61. The van der Waals surface area contributed by atoms with Crippen molar-refractivity contribution in [1.29, 1.82) is 0 Å². The Bertz CT molecular complexity index is 246. The van der Waals surface area contributed by atoms with Gasteiger partial charge in [-0.05, 0) is 26.8 Å². The van der Waals surface area contributed by atoms with Crippen LogP contribution in [0.3, 0.4) is 0 Å². The zero-order valence-corrected chi connectivity index (χ0v) is 9.98. The van der Waals surface area contributed by atoms with E-state index >= 15 is 0 Å². The lowest BCUT2D eigenvalue weighted by atomic mass is 9.90. The normalized spacial score (nSPS) is 28.2. The van der Waals surface area contributed by atoms with Gasteiger partial charge in [0.2, 0.25) is 0 Å². The molecule has 1 heterocycles. The van der Waals surface area contributed by atoms with Crippen molar-refractivity contribution in [2.24, 2.45) is 5.41 Å². The van der Waals surface area contributed by atoms with E-state index in [-0.39, 0.29) is 0 Å². The Morgan fingerprint density at radius 2 is 2.31 bits per heavy atom. The van der Waals surface area contributed by atoms with Crippen LogP contribution < -0.4 is 0 Å². The molecule has 2 atom stereocenters. The van der Waals surface area contributed by atoms with E-state index in [0.717, 1.165) is 6.54 Å². The molecule has 5 nitrogen and oxygen atoms in total. The number of ether oxygens (including phenoxy) is 1. The topological polar surface area (TPSA) is 70.0 Å². The fourth-order valence-electron chi connectivity index (χ4n) is 1.99.